The second kappa shape index (κ2) is 28.7. The van der Waals surface area contributed by atoms with Gasteiger partial charge in [-0.3, -0.25) is 19.2 Å². The molecule has 6 heterocycles. The van der Waals surface area contributed by atoms with Crippen LogP contribution in [-0.4, -0.2) is 116 Å². The molecule has 2 aromatic heterocycles. The van der Waals surface area contributed by atoms with Gasteiger partial charge in [-0.15, -0.1) is 19.1 Å². The summed E-state index contributed by atoms with van der Waals surface area (Å²) in [5.41, 5.74) is 10.9. The van der Waals surface area contributed by atoms with E-state index in [1.54, 1.807) is 32.6 Å². The number of aliphatic carboxylic acids is 1. The molecular formula is C45H64N7O11PtY-. The number of piperidine rings is 1. The second-order valence-corrected chi connectivity index (χ2v) is 15.4. The Balaban J connectivity index is 0.000000516. The summed E-state index contributed by atoms with van der Waals surface area (Å²) in [5.74, 6) is -0.758. The Bertz CT molecular complexity index is 2120. The molecular weight excluding hydrogens is 1100 g/mol. The molecule has 3 fully saturated rings. The third-order valence-electron chi connectivity index (χ3n) is 11.9. The van der Waals surface area contributed by atoms with Gasteiger partial charge in [-0.2, -0.15) is 0 Å². The van der Waals surface area contributed by atoms with Crippen LogP contribution in [0.5, 0.6) is 5.75 Å². The van der Waals surface area contributed by atoms with E-state index < -0.39 is 17.5 Å². The number of carboxylic acid groups (broad SMARTS) is 1. The van der Waals surface area contributed by atoms with Crippen LogP contribution in [0.1, 0.15) is 107 Å². The minimum absolute atomic E-state index is 0. The quantitative estimate of drug-likeness (QED) is 0.0667. The molecule has 1 aromatic carbocycles. The molecule has 1 saturated carbocycles. The molecule has 18 nitrogen and oxygen atoms in total. The molecule has 7 N–H and O–H groups in total. The number of nitrogens with two attached hydrogens (primary N) is 1. The molecule has 0 spiro atoms. The Kier molecular flexibility index (Phi) is 26.3. The van der Waals surface area contributed by atoms with Crippen molar-refractivity contribution in [1.29, 1.82) is 0 Å². The van der Waals surface area contributed by atoms with Crippen molar-refractivity contribution in [2.24, 2.45) is 5.41 Å². The van der Waals surface area contributed by atoms with Gasteiger partial charge in [0.2, 0.25) is 11.8 Å². The van der Waals surface area contributed by atoms with Gasteiger partial charge in [0.25, 0.3) is 5.56 Å². The molecule has 20 heteroatoms. The summed E-state index contributed by atoms with van der Waals surface area (Å²) < 4.78 is 7.04. The van der Waals surface area contributed by atoms with Crippen LogP contribution in [0, 0.1) is 5.41 Å². The van der Waals surface area contributed by atoms with Crippen molar-refractivity contribution in [3.05, 3.63) is 86.4 Å². The summed E-state index contributed by atoms with van der Waals surface area (Å²) >= 11 is 0. The number of nitrogens with one attached hydrogen (secondary N) is 1. The number of aromatic nitrogens is 2. The van der Waals surface area contributed by atoms with Crippen LogP contribution in [0.15, 0.2) is 41.4 Å². The summed E-state index contributed by atoms with van der Waals surface area (Å²) in [6, 6.07) is 7.28. The van der Waals surface area contributed by atoms with Crippen molar-refractivity contribution >= 4 is 35.0 Å². The van der Waals surface area contributed by atoms with Crippen LogP contribution >= 0.6 is 0 Å². The maximum Gasteiger partial charge on any atom is 2.00 e. The molecule has 359 valence electrons. The number of benzene rings is 1. The van der Waals surface area contributed by atoms with Gasteiger partial charge in [-0.1, -0.05) is 59.5 Å². The van der Waals surface area contributed by atoms with Crippen LogP contribution in [-0.2, 0) is 97.3 Å². The standard InChI is InChI=1S/C21H18N2O5.C15H22N3O5.C6H12N.C2H6.CH4O.H2N.Pt.Y/c1-3-12-13-6-11(28-26)4-5-17(13)22-19-15(12)8-23-18(19)7-14-16(21(23)25)9-27-10(2)20(14)24;19-11-15(14(22)23)3-7-17(8-4-15)12(20)1-2-13(21)18-9-5-16-6-10-18;7-6-4-2-1-3-5-6;2*1-2;;;/h4-7,20,24,26H,2-3,8-9H2,1H3;11H,1-10H2,(H,22,23);6-7H,1-5H2;1-2H3;2H,1H3;1H2;;/q;2*-1;;;-1;+2;. The van der Waals surface area contributed by atoms with E-state index in [1.807, 2.05) is 26.8 Å². The normalized spacial score (nSPS) is 17.7. The second-order valence-electron chi connectivity index (χ2n) is 15.4. The van der Waals surface area contributed by atoms with Crippen LogP contribution in [0.3, 0.4) is 0 Å². The molecule has 1 radical (unpaired) electrons. The predicted octanol–water partition coefficient (Wildman–Crippen LogP) is 6.51. The predicted molar refractivity (Wildman–Crippen MR) is 239 cm³/mol. The number of aryl methyl sites for hydroxylation is 1. The number of ether oxygens (including phenoxy) is 1. The summed E-state index contributed by atoms with van der Waals surface area (Å²) in [4.78, 5) is 71.9. The number of hydrogen-bond donors (Lipinski definition) is 4. The first-order valence-corrected chi connectivity index (χ1v) is 21.5. The average molecular weight is 1160 g/mol. The molecule has 0 bridgehead atoms. The van der Waals surface area contributed by atoms with Crippen molar-refractivity contribution < 1.29 is 103 Å². The molecule has 1 aliphatic carbocycles. The van der Waals surface area contributed by atoms with Gasteiger partial charge in [-0.05, 0) is 49.1 Å². The van der Waals surface area contributed by atoms with Crippen LogP contribution in [0.25, 0.3) is 39.5 Å². The van der Waals surface area contributed by atoms with Crippen molar-refractivity contribution in [2.45, 2.75) is 110 Å². The molecule has 2 amide bonds. The smallest absolute Gasteiger partial charge is 0.693 e. The van der Waals surface area contributed by atoms with Crippen LogP contribution in [0.4, 0.5) is 0 Å². The molecule has 1 unspecified atom stereocenters. The van der Waals surface area contributed by atoms with Crippen molar-refractivity contribution in [1.82, 2.24) is 19.4 Å². The van der Waals surface area contributed by atoms with Gasteiger partial charge < -0.3 is 61.3 Å². The fraction of sp³-hybridized carbons (Fsp3) is 0.556. The van der Waals surface area contributed by atoms with E-state index in [9.17, 15) is 29.1 Å². The SMILES string of the molecule is C=C1OCc2c(cc3n(c2=O)Cc2c-3nc3ccc(OO)cc3c2CC)C1O.CC.CO.O=CC1(C(=O)O)CCN(C(=O)CCC(=O)N2CC[N-]CC2)CC1.[NH-]C1CCCCC1.[NH2-].[Pt+2].[Y]. The molecule has 5 aliphatic rings. The first-order valence-electron chi connectivity index (χ1n) is 21.5. The molecule has 4 aliphatic heterocycles. The fourth-order valence-corrected chi connectivity index (χ4v) is 8.24. The number of nitrogens with zero attached hydrogens (tertiary/aromatic N) is 5. The number of aliphatic hydroxyl groups excluding tert-OH is 2. The van der Waals surface area contributed by atoms with E-state index in [4.69, 9.17) is 30.9 Å². The average Bonchev–Trinajstić information content (AvgIpc) is 3.69. The van der Waals surface area contributed by atoms with Gasteiger partial charge in [0, 0.05) is 95.4 Å². The number of fused-ring (bicyclic) bond motifs is 5. The Hall–Kier alpha value is -3.45. The zero-order chi connectivity index (χ0) is 45.6. The van der Waals surface area contributed by atoms with Crippen LogP contribution < -0.4 is 10.4 Å². The van der Waals surface area contributed by atoms with Crippen molar-refractivity contribution in [2.75, 3.05) is 46.4 Å². The van der Waals surface area contributed by atoms with Gasteiger partial charge in [-0.25, -0.2) is 10.2 Å². The minimum atomic E-state index is -1.37. The third-order valence-corrected chi connectivity index (χ3v) is 11.9. The monoisotopic (exact) mass is 1160 g/mol. The molecule has 2 saturated heterocycles. The summed E-state index contributed by atoms with van der Waals surface area (Å²) in [6.07, 6.45) is 6.99. The molecule has 65 heavy (non-hydrogen) atoms. The number of piperazine rings is 1. The van der Waals surface area contributed by atoms with Gasteiger partial charge in [0.05, 0.1) is 29.0 Å². The fourth-order valence-electron chi connectivity index (χ4n) is 8.24. The molecule has 3 aromatic rings. The number of hydrogen-bond acceptors (Lipinski definition) is 11. The largest absolute Gasteiger partial charge is 2.00 e. The summed E-state index contributed by atoms with van der Waals surface area (Å²) in [6.45, 7) is 13.3. The number of aldehydes is 1. The zero-order valence-electron chi connectivity index (χ0n) is 37.8. The number of carboxylic acids is 1. The Morgan fingerprint density at radius 3 is 2.09 bits per heavy atom. The maximum absolute atomic E-state index is 13.1. The Morgan fingerprint density at radius 1 is 1.00 bits per heavy atom. The van der Waals surface area contributed by atoms with E-state index in [-0.39, 0.29) is 134 Å². The number of rotatable bonds is 7. The van der Waals surface area contributed by atoms with Crippen LogP contribution in [0.2, 0.25) is 0 Å². The topological polar surface area (TPSA) is 280 Å². The number of carbonyl (C=O) groups excluding carboxylic acids is 3. The number of amides is 2. The summed E-state index contributed by atoms with van der Waals surface area (Å²) in [7, 11) is 1.00. The van der Waals surface area contributed by atoms with E-state index in [0.717, 1.165) is 54.1 Å². The Labute approximate surface area is 420 Å². The third kappa shape index (κ3) is 14.3. The number of likely N-dealkylation sites (tertiary alicyclic amines) is 1. The number of aliphatic hydroxyl groups is 2. The first-order chi connectivity index (χ1) is 29.9. The number of pyridine rings is 2. The van der Waals surface area contributed by atoms with Gasteiger partial charge in [0.15, 0.2) is 5.75 Å². The molecule has 8 rings (SSSR count). The molecule has 1 atom stereocenters. The van der Waals surface area contributed by atoms with E-state index >= 15 is 0 Å². The van der Waals surface area contributed by atoms with Crippen molar-refractivity contribution in [3.63, 3.8) is 0 Å². The minimum Gasteiger partial charge on any atom is -0.693 e. The van der Waals surface area contributed by atoms with E-state index in [2.05, 4.69) is 16.8 Å². The van der Waals surface area contributed by atoms with Crippen molar-refractivity contribution in [3.8, 4) is 17.1 Å². The van der Waals surface area contributed by atoms with E-state index in [0.29, 0.717) is 61.6 Å². The first kappa shape index (κ1) is 59.6. The van der Waals surface area contributed by atoms with Gasteiger partial charge in [0.1, 0.15) is 30.2 Å². The zero-order valence-corrected chi connectivity index (χ0v) is 42.9. The number of carbonyl (C=O) groups is 4. The van der Waals surface area contributed by atoms with E-state index in [1.165, 1.54) is 19.3 Å². The summed E-state index contributed by atoms with van der Waals surface area (Å²) in [5, 5.41) is 40.6. The maximum atomic E-state index is 13.1. The van der Waals surface area contributed by atoms with Gasteiger partial charge >= 0.3 is 27.0 Å². The Morgan fingerprint density at radius 2 is 1.58 bits per heavy atom.